The standard InChI is InChI=1S/C7H7NO2.ClH/c1-5-2-6(7(9)10)4-8-3-5;/h2-4H,1H3,(H,9,10);1H. The van der Waals surface area contributed by atoms with Crippen molar-refractivity contribution in [3.05, 3.63) is 29.6 Å². The molecule has 0 saturated heterocycles. The summed E-state index contributed by atoms with van der Waals surface area (Å²) in [6.07, 6.45) is 2.95. The first-order valence-corrected chi connectivity index (χ1v) is 2.85. The molecular weight excluding hydrogens is 166 g/mol. The highest BCUT2D eigenvalue weighted by Crippen LogP contribution is 1.99. The van der Waals surface area contributed by atoms with Crippen LogP contribution >= 0.6 is 12.4 Å². The van der Waals surface area contributed by atoms with Gasteiger partial charge in [0.15, 0.2) is 0 Å². The molecule has 0 bridgehead atoms. The number of aryl methyl sites for hydroxylation is 1. The van der Waals surface area contributed by atoms with E-state index >= 15 is 0 Å². The number of aromatic carboxylic acids is 1. The minimum Gasteiger partial charge on any atom is -0.478 e. The van der Waals surface area contributed by atoms with E-state index in [2.05, 4.69) is 4.98 Å². The highest BCUT2D eigenvalue weighted by Gasteiger charge is 2.00. The molecule has 0 atom stereocenters. The summed E-state index contributed by atoms with van der Waals surface area (Å²) in [7, 11) is 0. The molecule has 0 amide bonds. The molecule has 0 aliphatic rings. The second-order valence-corrected chi connectivity index (χ2v) is 2.06. The first-order chi connectivity index (χ1) is 4.70. The number of hydrogen-bond donors (Lipinski definition) is 1. The summed E-state index contributed by atoms with van der Waals surface area (Å²) in [5, 5.41) is 8.47. The van der Waals surface area contributed by atoms with Gasteiger partial charge in [-0.2, -0.15) is 0 Å². The Hall–Kier alpha value is -1.09. The second kappa shape index (κ2) is 3.93. The Kier molecular flexibility index (Phi) is 3.54. The molecule has 1 N–H and O–H groups in total. The van der Waals surface area contributed by atoms with Crippen LogP contribution in [0.5, 0.6) is 0 Å². The van der Waals surface area contributed by atoms with Crippen LogP contribution in [0, 0.1) is 6.92 Å². The zero-order valence-electron chi connectivity index (χ0n) is 5.94. The Balaban J connectivity index is 0.000001000. The molecule has 60 valence electrons. The molecule has 0 saturated carbocycles. The zero-order chi connectivity index (χ0) is 7.56. The first kappa shape index (κ1) is 9.91. The molecule has 4 heteroatoms. The van der Waals surface area contributed by atoms with Gasteiger partial charge in [0.1, 0.15) is 0 Å². The Labute approximate surface area is 70.5 Å². The fourth-order valence-corrected chi connectivity index (χ4v) is 0.672. The van der Waals surface area contributed by atoms with Crippen LogP contribution in [0.2, 0.25) is 0 Å². The van der Waals surface area contributed by atoms with E-state index in [-0.39, 0.29) is 18.0 Å². The number of nitrogens with zero attached hydrogens (tertiary/aromatic N) is 1. The van der Waals surface area contributed by atoms with Crippen molar-refractivity contribution in [2.24, 2.45) is 0 Å². The van der Waals surface area contributed by atoms with E-state index in [4.69, 9.17) is 5.11 Å². The summed E-state index contributed by atoms with van der Waals surface area (Å²) in [5.41, 5.74) is 1.10. The van der Waals surface area contributed by atoms with E-state index in [1.807, 2.05) is 0 Å². The van der Waals surface area contributed by atoms with Gasteiger partial charge in [0.2, 0.25) is 0 Å². The Bertz CT molecular complexity index is 262. The van der Waals surface area contributed by atoms with Gasteiger partial charge in [-0.1, -0.05) is 0 Å². The average molecular weight is 174 g/mol. The Morgan fingerprint density at radius 1 is 1.55 bits per heavy atom. The fourth-order valence-electron chi connectivity index (χ4n) is 0.672. The third-order valence-electron chi connectivity index (χ3n) is 1.12. The minimum absolute atomic E-state index is 0. The number of carboxylic acid groups (broad SMARTS) is 1. The lowest BCUT2D eigenvalue weighted by Gasteiger charge is -1.92. The van der Waals surface area contributed by atoms with Crippen LogP contribution in [0.4, 0.5) is 0 Å². The summed E-state index contributed by atoms with van der Waals surface area (Å²) in [4.78, 5) is 14.0. The van der Waals surface area contributed by atoms with Crippen molar-refractivity contribution in [1.29, 1.82) is 0 Å². The molecule has 0 aromatic carbocycles. The van der Waals surface area contributed by atoms with E-state index in [0.717, 1.165) is 5.56 Å². The van der Waals surface area contributed by atoms with Gasteiger partial charge in [0.25, 0.3) is 0 Å². The predicted molar refractivity (Wildman–Crippen MR) is 43.2 cm³/mol. The first-order valence-electron chi connectivity index (χ1n) is 2.85. The average Bonchev–Trinajstić information content (AvgIpc) is 1.88. The number of pyridine rings is 1. The molecule has 1 aromatic heterocycles. The predicted octanol–water partition coefficient (Wildman–Crippen LogP) is 1.51. The van der Waals surface area contributed by atoms with Crippen molar-refractivity contribution in [1.82, 2.24) is 4.98 Å². The van der Waals surface area contributed by atoms with Gasteiger partial charge in [-0.25, -0.2) is 4.79 Å². The van der Waals surface area contributed by atoms with Crippen LogP contribution in [0.1, 0.15) is 15.9 Å². The van der Waals surface area contributed by atoms with Crippen LogP contribution in [0.3, 0.4) is 0 Å². The summed E-state index contributed by atoms with van der Waals surface area (Å²) < 4.78 is 0. The van der Waals surface area contributed by atoms with Gasteiger partial charge in [-0.3, -0.25) is 4.98 Å². The summed E-state index contributed by atoms with van der Waals surface area (Å²) in [6, 6.07) is 1.58. The zero-order valence-corrected chi connectivity index (χ0v) is 6.76. The monoisotopic (exact) mass is 173 g/mol. The molecule has 0 aliphatic carbocycles. The van der Waals surface area contributed by atoms with Crippen molar-refractivity contribution in [2.45, 2.75) is 6.92 Å². The highest BCUT2D eigenvalue weighted by molar-refractivity contribution is 5.87. The van der Waals surface area contributed by atoms with Crippen LogP contribution < -0.4 is 0 Å². The molecule has 0 radical (unpaired) electrons. The number of aromatic nitrogens is 1. The fraction of sp³-hybridized carbons (Fsp3) is 0.143. The van der Waals surface area contributed by atoms with Crippen LogP contribution in [-0.2, 0) is 0 Å². The highest BCUT2D eigenvalue weighted by atomic mass is 35.5. The molecule has 0 aliphatic heterocycles. The molecule has 1 rings (SSSR count). The lowest BCUT2D eigenvalue weighted by molar-refractivity contribution is 0.0696. The maximum absolute atomic E-state index is 10.3. The molecule has 1 heterocycles. The number of carboxylic acids is 1. The van der Waals surface area contributed by atoms with E-state index in [1.54, 1.807) is 19.2 Å². The normalized spacial score (nSPS) is 8.45. The van der Waals surface area contributed by atoms with Crippen molar-refractivity contribution in [2.75, 3.05) is 0 Å². The van der Waals surface area contributed by atoms with Gasteiger partial charge in [0.05, 0.1) is 5.56 Å². The minimum atomic E-state index is -0.934. The smallest absolute Gasteiger partial charge is 0.337 e. The molecule has 1 aromatic rings. The van der Waals surface area contributed by atoms with Gasteiger partial charge in [0, 0.05) is 12.4 Å². The largest absolute Gasteiger partial charge is 0.478 e. The van der Waals surface area contributed by atoms with Crippen molar-refractivity contribution in [3.63, 3.8) is 0 Å². The quantitative estimate of drug-likeness (QED) is 0.701. The summed E-state index contributed by atoms with van der Waals surface area (Å²) in [5.74, 6) is -0.934. The van der Waals surface area contributed by atoms with Crippen LogP contribution in [-0.4, -0.2) is 16.1 Å². The third kappa shape index (κ3) is 2.55. The number of hydrogen-bond acceptors (Lipinski definition) is 2. The van der Waals surface area contributed by atoms with Gasteiger partial charge >= 0.3 is 5.97 Å². The van der Waals surface area contributed by atoms with Crippen LogP contribution in [0.15, 0.2) is 18.5 Å². The third-order valence-corrected chi connectivity index (χ3v) is 1.12. The van der Waals surface area contributed by atoms with Gasteiger partial charge in [-0.15, -0.1) is 12.4 Å². The second-order valence-electron chi connectivity index (χ2n) is 2.06. The van der Waals surface area contributed by atoms with Crippen LogP contribution in [0.25, 0.3) is 0 Å². The maximum atomic E-state index is 10.3. The van der Waals surface area contributed by atoms with Crippen molar-refractivity contribution in [3.8, 4) is 0 Å². The summed E-state index contributed by atoms with van der Waals surface area (Å²) >= 11 is 0. The number of carbonyl (C=O) groups is 1. The van der Waals surface area contributed by atoms with Gasteiger partial charge < -0.3 is 5.11 Å². The molecule has 11 heavy (non-hydrogen) atoms. The van der Waals surface area contributed by atoms with E-state index in [1.165, 1.54) is 6.20 Å². The number of halogens is 1. The van der Waals surface area contributed by atoms with E-state index in [9.17, 15) is 4.79 Å². The van der Waals surface area contributed by atoms with Crippen molar-refractivity contribution < 1.29 is 9.90 Å². The molecule has 0 unspecified atom stereocenters. The summed E-state index contributed by atoms with van der Waals surface area (Å²) in [6.45, 7) is 1.80. The van der Waals surface area contributed by atoms with Gasteiger partial charge in [-0.05, 0) is 18.6 Å². The van der Waals surface area contributed by atoms with E-state index < -0.39 is 5.97 Å². The number of rotatable bonds is 1. The maximum Gasteiger partial charge on any atom is 0.337 e. The Morgan fingerprint density at radius 3 is 2.55 bits per heavy atom. The van der Waals surface area contributed by atoms with Crippen molar-refractivity contribution >= 4 is 18.4 Å². The lowest BCUT2D eigenvalue weighted by atomic mass is 10.2. The Morgan fingerprint density at radius 2 is 2.18 bits per heavy atom. The molecule has 3 nitrogen and oxygen atoms in total. The topological polar surface area (TPSA) is 50.2 Å². The molecule has 0 spiro atoms. The molecule has 0 fully saturated rings. The molecular formula is C7H8ClNO2. The SMILES string of the molecule is Cc1cncc(C(=O)O)c1.Cl. The lowest BCUT2D eigenvalue weighted by Crippen LogP contribution is -1.96. The van der Waals surface area contributed by atoms with E-state index in [0.29, 0.717) is 0 Å².